The Balaban J connectivity index is 5.47. The number of allylic oxidation sites excluding steroid dienone is 2. The fraction of sp³-hybridized carbons (Fsp3) is 0.818. The van der Waals surface area contributed by atoms with Crippen LogP contribution in [0.15, 0.2) is 23.3 Å². The Kier molecular flexibility index (Phi) is 7.98. The second kappa shape index (κ2) is 8.19. The Hall–Kier alpha value is -0.600. The van der Waals surface area contributed by atoms with Crippen LogP contribution in [0, 0.1) is 10.8 Å². The van der Waals surface area contributed by atoms with Gasteiger partial charge in [0.15, 0.2) is 0 Å². The van der Waals surface area contributed by atoms with E-state index < -0.39 is 0 Å². The highest BCUT2D eigenvalue weighted by atomic mass is 17.2. The summed E-state index contributed by atoms with van der Waals surface area (Å²) in [7, 11) is 0. The van der Waals surface area contributed by atoms with E-state index in [-0.39, 0.29) is 22.0 Å². The van der Waals surface area contributed by atoms with Crippen LogP contribution >= 0.6 is 0 Å². The predicted molar refractivity (Wildman–Crippen MR) is 106 cm³/mol. The van der Waals surface area contributed by atoms with Crippen molar-refractivity contribution in [3.63, 3.8) is 0 Å². The average molecular weight is 339 g/mol. The van der Waals surface area contributed by atoms with E-state index >= 15 is 0 Å². The summed E-state index contributed by atoms with van der Waals surface area (Å²) in [5.74, 6) is 0. The highest BCUT2D eigenvalue weighted by Crippen LogP contribution is 2.42. The lowest BCUT2D eigenvalue weighted by atomic mass is 9.75. The first-order chi connectivity index (χ1) is 10.5. The van der Waals surface area contributed by atoms with Crippen LogP contribution in [-0.2, 0) is 9.78 Å². The second-order valence-electron chi connectivity index (χ2n) is 10.1. The van der Waals surface area contributed by atoms with Gasteiger partial charge in [-0.05, 0) is 65.2 Å². The van der Waals surface area contributed by atoms with E-state index in [1.54, 1.807) is 0 Å². The molecule has 0 aromatic rings. The van der Waals surface area contributed by atoms with Crippen molar-refractivity contribution in [2.24, 2.45) is 10.8 Å². The molecule has 0 fully saturated rings. The quantitative estimate of drug-likeness (QED) is 0.276. The smallest absolute Gasteiger partial charge is 0.109 e. The van der Waals surface area contributed by atoms with Gasteiger partial charge in [0.25, 0.3) is 0 Å². The number of hydrogen-bond acceptors (Lipinski definition) is 2. The van der Waals surface area contributed by atoms with E-state index in [0.29, 0.717) is 0 Å². The minimum Gasteiger partial charge on any atom is -0.229 e. The minimum absolute atomic E-state index is 0.0335. The van der Waals surface area contributed by atoms with Crippen molar-refractivity contribution in [3.8, 4) is 0 Å². The van der Waals surface area contributed by atoms with Gasteiger partial charge in [-0.3, -0.25) is 0 Å². The maximum Gasteiger partial charge on any atom is 0.109 e. The summed E-state index contributed by atoms with van der Waals surface area (Å²) in [5.41, 5.74) is 1.76. The molecule has 2 nitrogen and oxygen atoms in total. The molecule has 2 unspecified atom stereocenters. The molecule has 142 valence electrons. The van der Waals surface area contributed by atoms with Crippen LogP contribution in [0.3, 0.4) is 0 Å². The zero-order valence-electron chi connectivity index (χ0n) is 18.4. The summed E-state index contributed by atoms with van der Waals surface area (Å²) in [4.78, 5) is 12.4. The molecule has 0 aromatic heterocycles. The molecule has 0 rings (SSSR count). The fourth-order valence-corrected chi connectivity index (χ4v) is 1.91. The largest absolute Gasteiger partial charge is 0.229 e. The molecule has 0 heterocycles. The molecule has 0 aliphatic heterocycles. The Labute approximate surface area is 151 Å². The molecule has 0 saturated carbocycles. The topological polar surface area (TPSA) is 18.5 Å². The average Bonchev–Trinajstić information content (AvgIpc) is 2.38. The summed E-state index contributed by atoms with van der Waals surface area (Å²) in [6, 6.07) is 0. The lowest BCUT2D eigenvalue weighted by Crippen LogP contribution is -2.48. The first-order valence-corrected chi connectivity index (χ1v) is 9.18. The van der Waals surface area contributed by atoms with Crippen molar-refractivity contribution < 1.29 is 9.78 Å². The third kappa shape index (κ3) is 6.72. The van der Waals surface area contributed by atoms with Crippen LogP contribution in [0.5, 0.6) is 0 Å². The van der Waals surface area contributed by atoms with E-state index in [2.05, 4.69) is 95.2 Å². The fourth-order valence-electron chi connectivity index (χ4n) is 1.91. The molecule has 24 heavy (non-hydrogen) atoms. The Bertz CT molecular complexity index is 407. The number of hydrogen-bond donors (Lipinski definition) is 0. The van der Waals surface area contributed by atoms with E-state index in [1.165, 1.54) is 11.1 Å². The standard InChI is InChI=1S/C22H42O2/c1-17(2)13-15-21(11,19(5,6)7)23-24-22(12,20(8,9)10)16-14-18(3)4/h13-14H,15-16H2,1-12H3. The Morgan fingerprint density at radius 2 is 0.833 bits per heavy atom. The summed E-state index contributed by atoms with van der Waals surface area (Å²) >= 11 is 0. The Morgan fingerprint density at radius 3 is 1.00 bits per heavy atom. The zero-order chi connectivity index (χ0) is 19.4. The van der Waals surface area contributed by atoms with Crippen LogP contribution < -0.4 is 0 Å². The van der Waals surface area contributed by atoms with Crippen molar-refractivity contribution in [2.45, 2.75) is 107 Å². The lowest BCUT2D eigenvalue weighted by Gasteiger charge is -2.46. The van der Waals surface area contributed by atoms with Crippen LogP contribution in [0.25, 0.3) is 0 Å². The van der Waals surface area contributed by atoms with Crippen molar-refractivity contribution in [2.75, 3.05) is 0 Å². The van der Waals surface area contributed by atoms with Crippen LogP contribution in [0.2, 0.25) is 0 Å². The zero-order valence-corrected chi connectivity index (χ0v) is 18.4. The summed E-state index contributed by atoms with van der Waals surface area (Å²) in [5, 5.41) is 0. The van der Waals surface area contributed by atoms with E-state index in [1.807, 2.05) is 0 Å². The molecule has 0 saturated heterocycles. The Morgan fingerprint density at radius 1 is 0.583 bits per heavy atom. The normalized spacial score (nSPS) is 17.7. The van der Waals surface area contributed by atoms with E-state index in [0.717, 1.165) is 12.8 Å². The van der Waals surface area contributed by atoms with Crippen LogP contribution in [0.4, 0.5) is 0 Å². The highest BCUT2D eigenvalue weighted by molar-refractivity contribution is 5.03. The maximum absolute atomic E-state index is 6.19. The first kappa shape index (κ1) is 23.4. The third-order valence-corrected chi connectivity index (χ3v) is 5.38. The molecule has 0 N–H and O–H groups in total. The molecule has 2 atom stereocenters. The molecular formula is C22H42O2. The van der Waals surface area contributed by atoms with Crippen molar-refractivity contribution in [3.05, 3.63) is 23.3 Å². The van der Waals surface area contributed by atoms with Crippen LogP contribution in [-0.4, -0.2) is 11.2 Å². The van der Waals surface area contributed by atoms with Crippen molar-refractivity contribution >= 4 is 0 Å². The molecule has 2 heteroatoms. The molecule has 0 radical (unpaired) electrons. The molecule has 0 amide bonds. The van der Waals surface area contributed by atoms with Gasteiger partial charge in [0.1, 0.15) is 11.2 Å². The molecule has 0 aliphatic rings. The van der Waals surface area contributed by atoms with Gasteiger partial charge in [-0.1, -0.05) is 64.8 Å². The number of rotatable bonds is 7. The van der Waals surface area contributed by atoms with Gasteiger partial charge in [-0.25, -0.2) is 9.78 Å². The molecule has 0 spiro atoms. The van der Waals surface area contributed by atoms with Gasteiger partial charge >= 0.3 is 0 Å². The molecule has 0 aliphatic carbocycles. The van der Waals surface area contributed by atoms with Crippen LogP contribution in [0.1, 0.15) is 95.9 Å². The van der Waals surface area contributed by atoms with Gasteiger partial charge in [-0.2, -0.15) is 0 Å². The summed E-state index contributed by atoms with van der Waals surface area (Å²) in [6.07, 6.45) is 6.14. The third-order valence-electron chi connectivity index (χ3n) is 5.38. The summed E-state index contributed by atoms with van der Waals surface area (Å²) < 4.78 is 0. The minimum atomic E-state index is -0.387. The van der Waals surface area contributed by atoms with Gasteiger partial charge < -0.3 is 0 Å². The van der Waals surface area contributed by atoms with Gasteiger partial charge in [0.05, 0.1) is 0 Å². The maximum atomic E-state index is 6.19. The van der Waals surface area contributed by atoms with Crippen molar-refractivity contribution in [1.29, 1.82) is 0 Å². The predicted octanol–water partition coefficient (Wildman–Crippen LogP) is 7.26. The van der Waals surface area contributed by atoms with E-state index in [9.17, 15) is 0 Å². The highest BCUT2D eigenvalue weighted by Gasteiger charge is 2.44. The monoisotopic (exact) mass is 338 g/mol. The van der Waals surface area contributed by atoms with Gasteiger partial charge in [0.2, 0.25) is 0 Å². The van der Waals surface area contributed by atoms with E-state index in [4.69, 9.17) is 9.78 Å². The SMILES string of the molecule is CC(C)=CCC(C)(OOC(C)(CC=C(C)C)C(C)(C)C)C(C)(C)C. The summed E-state index contributed by atoms with van der Waals surface area (Å²) in [6.45, 7) is 26.0. The van der Waals surface area contributed by atoms with Gasteiger partial charge in [-0.15, -0.1) is 0 Å². The lowest BCUT2D eigenvalue weighted by molar-refractivity contribution is -0.436. The molecule has 0 bridgehead atoms. The second-order valence-corrected chi connectivity index (χ2v) is 10.1. The van der Waals surface area contributed by atoms with Gasteiger partial charge in [0, 0.05) is 0 Å². The molecular weight excluding hydrogens is 296 g/mol. The first-order valence-electron chi connectivity index (χ1n) is 9.18. The van der Waals surface area contributed by atoms with Crippen molar-refractivity contribution in [1.82, 2.24) is 0 Å². The molecule has 0 aromatic carbocycles.